The molecule has 0 amide bonds. The third kappa shape index (κ3) is 2.25. The van der Waals surface area contributed by atoms with E-state index in [9.17, 15) is 9.90 Å². The number of aliphatic carboxylic acids is 1. The summed E-state index contributed by atoms with van der Waals surface area (Å²) in [6.07, 6.45) is 6.44. The van der Waals surface area contributed by atoms with Crippen molar-refractivity contribution in [2.24, 2.45) is 5.41 Å². The first-order valence-corrected chi connectivity index (χ1v) is 7.53. The first kappa shape index (κ1) is 14.6. The summed E-state index contributed by atoms with van der Waals surface area (Å²) >= 11 is 0. The van der Waals surface area contributed by atoms with Crippen molar-refractivity contribution in [3.05, 3.63) is 76.4 Å². The molecule has 0 saturated heterocycles. The molecule has 0 saturated carbocycles. The molecule has 0 atom stereocenters. The largest absolute Gasteiger partial charge is 0.478 e. The van der Waals surface area contributed by atoms with Crippen LogP contribution in [0.1, 0.15) is 32.8 Å². The minimum absolute atomic E-state index is 0.0614. The lowest BCUT2D eigenvalue weighted by Gasteiger charge is -2.38. The molecule has 3 rings (SSSR count). The van der Waals surface area contributed by atoms with E-state index in [0.717, 1.165) is 16.7 Å². The van der Waals surface area contributed by atoms with Crippen molar-refractivity contribution >= 4 is 11.5 Å². The lowest BCUT2D eigenvalue weighted by atomic mass is 9.66. The highest BCUT2D eigenvalue weighted by atomic mass is 16.4. The molecule has 1 aromatic carbocycles. The molecule has 22 heavy (non-hydrogen) atoms. The van der Waals surface area contributed by atoms with Crippen molar-refractivity contribution < 1.29 is 9.90 Å². The van der Waals surface area contributed by atoms with Crippen LogP contribution in [0.4, 0.5) is 0 Å². The predicted molar refractivity (Wildman–Crippen MR) is 89.3 cm³/mol. The molecule has 2 heteroatoms. The minimum Gasteiger partial charge on any atom is -0.478 e. The number of carboxylic acid groups (broad SMARTS) is 1. The molecule has 2 nitrogen and oxygen atoms in total. The number of benzene rings is 1. The Labute approximate surface area is 131 Å². The van der Waals surface area contributed by atoms with Gasteiger partial charge in [-0.2, -0.15) is 0 Å². The second-order valence-electron chi connectivity index (χ2n) is 6.46. The van der Waals surface area contributed by atoms with Crippen LogP contribution in [-0.2, 0) is 4.79 Å². The van der Waals surface area contributed by atoms with Gasteiger partial charge >= 0.3 is 5.97 Å². The van der Waals surface area contributed by atoms with Crippen molar-refractivity contribution in [2.45, 2.75) is 27.2 Å². The van der Waals surface area contributed by atoms with Crippen LogP contribution in [0.3, 0.4) is 0 Å². The highest BCUT2D eigenvalue weighted by Gasteiger charge is 2.35. The minimum atomic E-state index is -0.834. The molecule has 112 valence electrons. The quantitative estimate of drug-likeness (QED) is 0.852. The van der Waals surface area contributed by atoms with Crippen molar-refractivity contribution in [3.63, 3.8) is 0 Å². The highest BCUT2D eigenvalue weighted by molar-refractivity contribution is 5.92. The van der Waals surface area contributed by atoms with E-state index in [1.807, 2.05) is 24.3 Å². The molecule has 1 aromatic rings. The normalized spacial score (nSPS) is 19.9. The Bertz CT molecular complexity index is 756. The molecule has 2 aliphatic carbocycles. The summed E-state index contributed by atoms with van der Waals surface area (Å²) < 4.78 is 0. The number of fused-ring (bicyclic) bond motifs is 1. The summed E-state index contributed by atoms with van der Waals surface area (Å²) in [6.45, 7) is 6.55. The van der Waals surface area contributed by atoms with Crippen LogP contribution in [0.5, 0.6) is 0 Å². The average Bonchev–Trinajstić information content (AvgIpc) is 2.51. The Balaban J connectivity index is 2.22. The van der Waals surface area contributed by atoms with E-state index < -0.39 is 5.97 Å². The number of carbonyl (C=O) groups is 1. The van der Waals surface area contributed by atoms with Gasteiger partial charge in [0.2, 0.25) is 0 Å². The van der Waals surface area contributed by atoms with Crippen molar-refractivity contribution in [2.75, 3.05) is 0 Å². The molecule has 0 aliphatic heterocycles. The zero-order valence-corrected chi connectivity index (χ0v) is 13.2. The van der Waals surface area contributed by atoms with Gasteiger partial charge in [-0.05, 0) is 29.2 Å². The summed E-state index contributed by atoms with van der Waals surface area (Å²) in [5.74, 6) is -0.834. The molecular formula is C20H20O2. The van der Waals surface area contributed by atoms with Gasteiger partial charge in [-0.25, -0.2) is 4.79 Å². The summed E-state index contributed by atoms with van der Waals surface area (Å²) in [7, 11) is 0. The molecule has 0 unspecified atom stereocenters. The standard InChI is InChI=1S/C20H20O2/c1-13-11-16(14-7-5-4-6-8-14)17-12-15(19(21)22)9-10-18(17)20(13,2)3/h4-11H,12H2,1-3H3,(H,21,22). The highest BCUT2D eigenvalue weighted by Crippen LogP contribution is 2.49. The summed E-state index contributed by atoms with van der Waals surface area (Å²) in [5.41, 5.74) is 6.36. The molecule has 0 aromatic heterocycles. The van der Waals surface area contributed by atoms with Gasteiger partial charge in [-0.15, -0.1) is 0 Å². The number of allylic oxidation sites excluding steroid dienone is 7. The molecule has 2 aliphatic rings. The topological polar surface area (TPSA) is 37.3 Å². The average molecular weight is 292 g/mol. The summed E-state index contributed by atoms with van der Waals surface area (Å²) in [6, 6.07) is 10.2. The summed E-state index contributed by atoms with van der Waals surface area (Å²) in [4.78, 5) is 11.4. The van der Waals surface area contributed by atoms with Gasteiger partial charge in [0.25, 0.3) is 0 Å². The number of carboxylic acids is 1. The molecular weight excluding hydrogens is 272 g/mol. The molecule has 0 spiro atoms. The smallest absolute Gasteiger partial charge is 0.331 e. The van der Waals surface area contributed by atoms with Crippen LogP contribution in [0.15, 0.2) is 70.9 Å². The number of hydrogen-bond acceptors (Lipinski definition) is 1. The molecule has 0 radical (unpaired) electrons. The van der Waals surface area contributed by atoms with E-state index in [1.54, 1.807) is 6.08 Å². The number of rotatable bonds is 2. The SMILES string of the molecule is CC1=CC(c2ccccc2)=C2CC(C(=O)O)=CC=C2C1(C)C. The van der Waals surface area contributed by atoms with E-state index >= 15 is 0 Å². The zero-order chi connectivity index (χ0) is 15.9. The van der Waals surface area contributed by atoms with Crippen molar-refractivity contribution in [1.82, 2.24) is 0 Å². The first-order chi connectivity index (χ1) is 10.4. The maximum Gasteiger partial charge on any atom is 0.331 e. The van der Waals surface area contributed by atoms with Crippen LogP contribution >= 0.6 is 0 Å². The van der Waals surface area contributed by atoms with E-state index in [0.29, 0.717) is 12.0 Å². The Morgan fingerprint density at radius 1 is 1.14 bits per heavy atom. The lowest BCUT2D eigenvalue weighted by molar-refractivity contribution is -0.132. The van der Waals surface area contributed by atoms with Crippen LogP contribution in [-0.4, -0.2) is 11.1 Å². The maximum atomic E-state index is 11.4. The Morgan fingerprint density at radius 2 is 1.82 bits per heavy atom. The third-order valence-corrected chi connectivity index (χ3v) is 4.85. The second-order valence-corrected chi connectivity index (χ2v) is 6.46. The first-order valence-electron chi connectivity index (χ1n) is 7.53. The maximum absolute atomic E-state index is 11.4. The Kier molecular flexibility index (Phi) is 3.40. The van der Waals surface area contributed by atoms with Crippen LogP contribution < -0.4 is 0 Å². The van der Waals surface area contributed by atoms with Gasteiger partial charge in [0.05, 0.1) is 0 Å². The van der Waals surface area contributed by atoms with E-state index in [4.69, 9.17) is 0 Å². The van der Waals surface area contributed by atoms with E-state index in [2.05, 4.69) is 39.0 Å². The van der Waals surface area contributed by atoms with Gasteiger partial charge in [-0.1, -0.05) is 68.0 Å². The lowest BCUT2D eigenvalue weighted by Crippen LogP contribution is -2.24. The fraction of sp³-hybridized carbons (Fsp3) is 0.250. The fourth-order valence-electron chi connectivity index (χ4n) is 3.17. The van der Waals surface area contributed by atoms with Gasteiger partial charge < -0.3 is 5.11 Å². The Morgan fingerprint density at radius 3 is 2.45 bits per heavy atom. The van der Waals surface area contributed by atoms with Crippen molar-refractivity contribution in [3.8, 4) is 0 Å². The van der Waals surface area contributed by atoms with E-state index in [1.165, 1.54) is 11.1 Å². The van der Waals surface area contributed by atoms with Gasteiger partial charge in [0.1, 0.15) is 0 Å². The third-order valence-electron chi connectivity index (χ3n) is 4.85. The Hall–Kier alpha value is -2.35. The zero-order valence-electron chi connectivity index (χ0n) is 13.2. The van der Waals surface area contributed by atoms with Gasteiger partial charge in [0, 0.05) is 17.4 Å². The molecule has 0 heterocycles. The van der Waals surface area contributed by atoms with Crippen molar-refractivity contribution in [1.29, 1.82) is 0 Å². The monoisotopic (exact) mass is 292 g/mol. The van der Waals surface area contributed by atoms with E-state index in [-0.39, 0.29) is 5.41 Å². The molecule has 0 bridgehead atoms. The molecule has 0 fully saturated rings. The second kappa shape index (κ2) is 5.13. The summed E-state index contributed by atoms with van der Waals surface area (Å²) in [5, 5.41) is 9.33. The van der Waals surface area contributed by atoms with Crippen LogP contribution in [0, 0.1) is 5.41 Å². The fourth-order valence-corrected chi connectivity index (χ4v) is 3.17. The van der Waals surface area contributed by atoms with Gasteiger partial charge in [0.15, 0.2) is 0 Å². The predicted octanol–water partition coefficient (Wildman–Crippen LogP) is 4.77. The molecule has 1 N–H and O–H groups in total. The number of hydrogen-bond donors (Lipinski definition) is 1. The van der Waals surface area contributed by atoms with Gasteiger partial charge in [-0.3, -0.25) is 0 Å². The van der Waals surface area contributed by atoms with Crippen LogP contribution in [0.25, 0.3) is 5.57 Å². The van der Waals surface area contributed by atoms with Crippen LogP contribution in [0.2, 0.25) is 0 Å².